The number of anilines is 4. The lowest BCUT2D eigenvalue weighted by Crippen LogP contribution is -2.33. The molecule has 0 radical (unpaired) electrons. The number of esters is 1. The lowest BCUT2D eigenvalue weighted by Gasteiger charge is -2.37. The molecule has 0 amide bonds. The van der Waals surface area contributed by atoms with Crippen molar-refractivity contribution in [1.82, 2.24) is 0 Å². The molecule has 1 atom stereocenters. The van der Waals surface area contributed by atoms with Gasteiger partial charge in [0.25, 0.3) is 0 Å². The van der Waals surface area contributed by atoms with E-state index in [1.165, 1.54) is 0 Å². The van der Waals surface area contributed by atoms with Gasteiger partial charge < -0.3 is 19.7 Å². The van der Waals surface area contributed by atoms with Crippen molar-refractivity contribution in [3.8, 4) is 11.5 Å². The van der Waals surface area contributed by atoms with Gasteiger partial charge >= 0.3 is 5.97 Å². The highest BCUT2D eigenvalue weighted by atomic mass is 16.6. The zero-order valence-corrected chi connectivity index (χ0v) is 22.3. The maximum Gasteiger partial charge on any atom is 0.340 e. The molecule has 5 nitrogen and oxygen atoms in total. The number of para-hydroxylation sites is 1. The van der Waals surface area contributed by atoms with Gasteiger partial charge in [0.05, 0.1) is 5.56 Å². The highest BCUT2D eigenvalue weighted by Gasteiger charge is 2.53. The molecule has 2 aliphatic heterocycles. The van der Waals surface area contributed by atoms with Crippen LogP contribution in [-0.4, -0.2) is 12.5 Å². The van der Waals surface area contributed by atoms with Crippen molar-refractivity contribution < 1.29 is 14.3 Å². The van der Waals surface area contributed by atoms with Crippen LogP contribution in [0.15, 0.2) is 115 Å². The summed E-state index contributed by atoms with van der Waals surface area (Å²) in [6, 6.07) is 38.4. The van der Waals surface area contributed by atoms with E-state index in [1.54, 1.807) is 0 Å². The summed E-state index contributed by atoms with van der Waals surface area (Å²) in [6.07, 6.45) is 0. The fraction of sp³-hybridized carbons (Fsp3) is 0.114. The van der Waals surface area contributed by atoms with Crippen molar-refractivity contribution in [3.05, 3.63) is 143 Å². The van der Waals surface area contributed by atoms with E-state index in [0.29, 0.717) is 17.1 Å². The van der Waals surface area contributed by atoms with Crippen molar-refractivity contribution >= 4 is 28.7 Å². The van der Waals surface area contributed by atoms with Crippen LogP contribution in [0.3, 0.4) is 0 Å². The second kappa shape index (κ2) is 9.31. The van der Waals surface area contributed by atoms with E-state index in [-0.39, 0.29) is 5.97 Å². The molecular formula is C35H28N2O3. The normalized spacial score (nSPS) is 16.4. The molecule has 0 saturated carbocycles. The number of rotatable bonds is 5. The lowest BCUT2D eigenvalue weighted by molar-refractivity contribution is 0.0224. The fourth-order valence-corrected chi connectivity index (χ4v) is 5.88. The van der Waals surface area contributed by atoms with Crippen LogP contribution in [0, 0.1) is 6.92 Å². The highest BCUT2D eigenvalue weighted by molar-refractivity contribution is 5.97. The van der Waals surface area contributed by atoms with Gasteiger partial charge in [-0.25, -0.2) is 4.79 Å². The zero-order chi connectivity index (χ0) is 27.3. The van der Waals surface area contributed by atoms with Gasteiger partial charge in [0.1, 0.15) is 11.5 Å². The average Bonchev–Trinajstić information content (AvgIpc) is 3.28. The molecule has 0 saturated heterocycles. The molecule has 1 unspecified atom stereocenters. The summed E-state index contributed by atoms with van der Waals surface area (Å²) in [5.41, 5.74) is 7.23. The third kappa shape index (κ3) is 3.74. The van der Waals surface area contributed by atoms with E-state index in [2.05, 4.69) is 71.7 Å². The monoisotopic (exact) mass is 524 g/mol. The number of hydrogen-bond donors (Lipinski definition) is 1. The van der Waals surface area contributed by atoms with E-state index >= 15 is 0 Å². The molecule has 1 spiro atoms. The van der Waals surface area contributed by atoms with Crippen LogP contribution in [-0.2, 0) is 10.3 Å². The van der Waals surface area contributed by atoms with Gasteiger partial charge in [-0.2, -0.15) is 0 Å². The molecule has 5 aromatic rings. The topological polar surface area (TPSA) is 50.8 Å². The van der Waals surface area contributed by atoms with Gasteiger partial charge in [-0.15, -0.1) is 0 Å². The Hall–Kier alpha value is -5.03. The van der Waals surface area contributed by atoms with E-state index in [9.17, 15) is 4.79 Å². The largest absolute Gasteiger partial charge is 0.456 e. The van der Waals surface area contributed by atoms with Gasteiger partial charge in [-0.3, -0.25) is 0 Å². The number of carbonyl (C=O) groups is 1. The number of ether oxygens (including phenoxy) is 2. The van der Waals surface area contributed by atoms with Gasteiger partial charge in [0.2, 0.25) is 0 Å². The molecule has 0 bridgehead atoms. The molecule has 0 aromatic heterocycles. The predicted octanol–water partition coefficient (Wildman–Crippen LogP) is 8.46. The Balaban J connectivity index is 1.24. The van der Waals surface area contributed by atoms with Crippen LogP contribution in [0.1, 0.15) is 39.5 Å². The number of nitrogens with one attached hydrogen (secondary N) is 1. The fourth-order valence-electron chi connectivity index (χ4n) is 5.88. The summed E-state index contributed by atoms with van der Waals surface area (Å²) in [4.78, 5) is 15.3. The van der Waals surface area contributed by atoms with Crippen LogP contribution in [0.2, 0.25) is 0 Å². The third-order valence-electron chi connectivity index (χ3n) is 7.72. The molecule has 5 aromatic carbocycles. The number of carbonyl (C=O) groups excluding carboxylic acids is 1. The molecule has 1 N–H and O–H groups in total. The number of benzene rings is 5. The van der Waals surface area contributed by atoms with Crippen LogP contribution < -0.4 is 15.0 Å². The zero-order valence-electron chi connectivity index (χ0n) is 22.3. The van der Waals surface area contributed by atoms with Gasteiger partial charge in [-0.1, -0.05) is 48.0 Å². The number of fused-ring (bicyclic) bond motifs is 6. The first-order valence-electron chi connectivity index (χ1n) is 13.5. The molecule has 196 valence electrons. The number of hydrogen-bond acceptors (Lipinski definition) is 5. The van der Waals surface area contributed by atoms with Crippen molar-refractivity contribution in [3.63, 3.8) is 0 Å². The Labute approximate surface area is 233 Å². The third-order valence-corrected chi connectivity index (χ3v) is 7.72. The van der Waals surface area contributed by atoms with Crippen molar-refractivity contribution in [2.45, 2.75) is 19.4 Å². The predicted molar refractivity (Wildman–Crippen MR) is 158 cm³/mol. The first kappa shape index (κ1) is 24.0. The number of aryl methyl sites for hydroxylation is 1. The van der Waals surface area contributed by atoms with Gasteiger partial charge in [0.15, 0.2) is 5.60 Å². The first-order chi connectivity index (χ1) is 19.6. The Kier molecular flexibility index (Phi) is 5.60. The second-order valence-electron chi connectivity index (χ2n) is 10.2. The van der Waals surface area contributed by atoms with E-state index in [0.717, 1.165) is 51.5 Å². The van der Waals surface area contributed by atoms with E-state index < -0.39 is 5.60 Å². The summed E-state index contributed by atoms with van der Waals surface area (Å²) in [7, 11) is 0. The van der Waals surface area contributed by atoms with Crippen molar-refractivity contribution in [2.75, 3.05) is 16.8 Å². The molecule has 2 heterocycles. The van der Waals surface area contributed by atoms with Crippen LogP contribution in [0.4, 0.5) is 22.7 Å². The lowest BCUT2D eigenvalue weighted by atomic mass is 9.77. The standard InChI is InChI=1S/C35H28N2O3/c1-3-37(26-9-5-4-6-10-26)27-17-14-24(15-18-27)36-25-16-19-30-33(22-25)39-32-20-13-23(2)21-31(32)35(30)29-12-8-7-11-28(29)34(38)40-35/h4-22,36H,3H2,1-2H3. The quantitative estimate of drug-likeness (QED) is 0.234. The van der Waals surface area contributed by atoms with Crippen LogP contribution in [0.5, 0.6) is 11.5 Å². The Morgan fingerprint density at radius 3 is 2.23 bits per heavy atom. The van der Waals surface area contributed by atoms with E-state index in [1.807, 2.05) is 67.6 Å². The molecule has 7 rings (SSSR count). The highest BCUT2D eigenvalue weighted by Crippen LogP contribution is 2.56. The Bertz CT molecular complexity index is 1750. The molecule has 0 fully saturated rings. The summed E-state index contributed by atoms with van der Waals surface area (Å²) < 4.78 is 12.7. The maximum absolute atomic E-state index is 13.1. The molecule has 0 aliphatic carbocycles. The molecule has 2 aliphatic rings. The van der Waals surface area contributed by atoms with Crippen LogP contribution in [0.25, 0.3) is 0 Å². The maximum atomic E-state index is 13.1. The summed E-state index contributed by atoms with van der Waals surface area (Å²) in [5, 5.41) is 3.51. The summed E-state index contributed by atoms with van der Waals surface area (Å²) in [5.74, 6) is 1.02. The summed E-state index contributed by atoms with van der Waals surface area (Å²) in [6.45, 7) is 5.05. The Morgan fingerprint density at radius 2 is 1.43 bits per heavy atom. The molecule has 40 heavy (non-hydrogen) atoms. The Morgan fingerprint density at radius 1 is 0.700 bits per heavy atom. The molecule has 5 heteroatoms. The SMILES string of the molecule is CCN(c1ccccc1)c1ccc(Nc2ccc3c(c2)Oc2ccc(C)cc2C32OC(=O)c3ccccc32)cc1. The summed E-state index contributed by atoms with van der Waals surface area (Å²) >= 11 is 0. The first-order valence-corrected chi connectivity index (χ1v) is 13.5. The minimum Gasteiger partial charge on any atom is -0.456 e. The van der Waals surface area contributed by atoms with Crippen molar-refractivity contribution in [1.29, 1.82) is 0 Å². The minimum absolute atomic E-state index is 0.324. The minimum atomic E-state index is -1.05. The average molecular weight is 525 g/mol. The van der Waals surface area contributed by atoms with Crippen LogP contribution >= 0.6 is 0 Å². The number of nitrogens with zero attached hydrogens (tertiary/aromatic N) is 1. The van der Waals surface area contributed by atoms with Gasteiger partial charge in [-0.05, 0) is 80.6 Å². The van der Waals surface area contributed by atoms with Crippen molar-refractivity contribution in [2.24, 2.45) is 0 Å². The molecular weight excluding hydrogens is 496 g/mol. The second-order valence-corrected chi connectivity index (χ2v) is 10.2. The van der Waals surface area contributed by atoms with E-state index in [4.69, 9.17) is 9.47 Å². The smallest absolute Gasteiger partial charge is 0.340 e. The van der Waals surface area contributed by atoms with Gasteiger partial charge in [0, 0.05) is 52.1 Å².